The molecule has 2 aliphatic rings. The summed E-state index contributed by atoms with van der Waals surface area (Å²) in [5.41, 5.74) is 0. The maximum Gasteiger partial charge on any atom is 0.409 e. The summed E-state index contributed by atoms with van der Waals surface area (Å²) in [6, 6.07) is 0.734. The van der Waals surface area contributed by atoms with E-state index in [0.717, 1.165) is 71.3 Å². The molecule has 0 spiro atoms. The number of ether oxygens (including phenoxy) is 2. The van der Waals surface area contributed by atoms with Gasteiger partial charge in [-0.2, -0.15) is 0 Å². The van der Waals surface area contributed by atoms with Crippen LogP contribution in [-0.4, -0.2) is 93.0 Å². The van der Waals surface area contributed by atoms with Crippen molar-refractivity contribution < 1.29 is 14.3 Å². The molecular weight excluding hydrogens is 461 g/mol. The third-order valence-electron chi connectivity index (χ3n) is 4.89. The van der Waals surface area contributed by atoms with E-state index in [-0.39, 0.29) is 30.1 Å². The average molecular weight is 497 g/mol. The van der Waals surface area contributed by atoms with Crippen LogP contribution in [0.1, 0.15) is 33.6 Å². The number of hydrogen-bond acceptors (Lipinski definition) is 5. The molecule has 0 saturated carbocycles. The monoisotopic (exact) mass is 497 g/mol. The van der Waals surface area contributed by atoms with Gasteiger partial charge in [0.2, 0.25) is 0 Å². The molecule has 0 aromatic rings. The number of piperidine rings is 1. The Labute approximate surface area is 180 Å². The fraction of sp³-hybridized carbons (Fsp3) is 0.889. The van der Waals surface area contributed by atoms with E-state index in [1.807, 2.05) is 6.92 Å². The Morgan fingerprint density at radius 1 is 1.22 bits per heavy atom. The minimum Gasteiger partial charge on any atom is -0.450 e. The number of likely N-dealkylation sites (tertiary alicyclic amines) is 1. The second kappa shape index (κ2) is 13.4. The Kier molecular flexibility index (Phi) is 12.0. The summed E-state index contributed by atoms with van der Waals surface area (Å²) in [5, 5.41) is 6.86. The molecule has 2 fully saturated rings. The number of guanidine groups is 1. The van der Waals surface area contributed by atoms with Gasteiger partial charge in [-0.25, -0.2) is 4.79 Å². The lowest BCUT2D eigenvalue weighted by molar-refractivity contribution is 0.0220. The summed E-state index contributed by atoms with van der Waals surface area (Å²) < 4.78 is 10.5. The Balaban J connectivity index is 0.00000364. The van der Waals surface area contributed by atoms with E-state index in [1.165, 1.54) is 0 Å². The van der Waals surface area contributed by atoms with E-state index in [1.54, 1.807) is 4.90 Å². The minimum atomic E-state index is -0.203. The summed E-state index contributed by atoms with van der Waals surface area (Å²) in [5.74, 6) is 0.863. The maximum atomic E-state index is 11.8. The van der Waals surface area contributed by atoms with Gasteiger partial charge in [0.1, 0.15) is 0 Å². The van der Waals surface area contributed by atoms with Gasteiger partial charge in [0.15, 0.2) is 5.96 Å². The van der Waals surface area contributed by atoms with Gasteiger partial charge in [0.05, 0.1) is 26.4 Å². The molecule has 2 aliphatic heterocycles. The summed E-state index contributed by atoms with van der Waals surface area (Å²) in [6.45, 7) is 13.2. The topological polar surface area (TPSA) is 78.4 Å². The number of halogens is 1. The first kappa shape index (κ1) is 24.2. The highest BCUT2D eigenvalue weighted by atomic mass is 127. The van der Waals surface area contributed by atoms with E-state index in [9.17, 15) is 4.79 Å². The smallest absolute Gasteiger partial charge is 0.409 e. The first-order valence-corrected chi connectivity index (χ1v) is 9.92. The number of hydrogen-bond donors (Lipinski definition) is 2. The lowest BCUT2D eigenvalue weighted by atomic mass is 10.1. The van der Waals surface area contributed by atoms with Crippen molar-refractivity contribution in [1.29, 1.82) is 0 Å². The number of carbonyl (C=O) groups excluding carboxylic acids is 1. The highest BCUT2D eigenvalue weighted by Crippen LogP contribution is 2.11. The van der Waals surface area contributed by atoms with Gasteiger partial charge < -0.3 is 25.0 Å². The fourth-order valence-electron chi connectivity index (χ4n) is 3.29. The predicted molar refractivity (Wildman–Crippen MR) is 118 cm³/mol. The Hall–Kier alpha value is -0.810. The number of carbonyl (C=O) groups is 1. The van der Waals surface area contributed by atoms with Crippen molar-refractivity contribution in [3.8, 4) is 0 Å². The van der Waals surface area contributed by atoms with Crippen LogP contribution < -0.4 is 10.6 Å². The van der Waals surface area contributed by atoms with Crippen LogP contribution in [0.3, 0.4) is 0 Å². The molecule has 0 aromatic carbocycles. The van der Waals surface area contributed by atoms with E-state index in [0.29, 0.717) is 18.7 Å². The Morgan fingerprint density at radius 2 is 1.89 bits per heavy atom. The summed E-state index contributed by atoms with van der Waals surface area (Å²) >= 11 is 0. The van der Waals surface area contributed by atoms with E-state index < -0.39 is 0 Å². The van der Waals surface area contributed by atoms with E-state index in [4.69, 9.17) is 14.5 Å². The SMILES string of the molecule is CCNC(=NCC(C)N1CCOCC1)NC1CCN(C(=O)OCC)CC1.I. The summed E-state index contributed by atoms with van der Waals surface area (Å²) in [7, 11) is 0. The third kappa shape index (κ3) is 8.39. The predicted octanol–water partition coefficient (Wildman–Crippen LogP) is 1.50. The van der Waals surface area contributed by atoms with E-state index in [2.05, 4.69) is 29.4 Å². The molecule has 0 bridgehead atoms. The van der Waals surface area contributed by atoms with Gasteiger partial charge >= 0.3 is 6.09 Å². The van der Waals surface area contributed by atoms with Gasteiger partial charge in [-0.05, 0) is 33.6 Å². The molecule has 2 saturated heterocycles. The van der Waals surface area contributed by atoms with Crippen LogP contribution in [0.2, 0.25) is 0 Å². The zero-order valence-corrected chi connectivity index (χ0v) is 19.2. The average Bonchev–Trinajstić information content (AvgIpc) is 2.67. The molecule has 1 atom stereocenters. The molecule has 158 valence electrons. The van der Waals surface area contributed by atoms with Crippen molar-refractivity contribution in [2.45, 2.75) is 45.7 Å². The lowest BCUT2D eigenvalue weighted by Crippen LogP contribution is -2.50. The van der Waals surface area contributed by atoms with Gasteiger partial charge in [0.25, 0.3) is 0 Å². The largest absolute Gasteiger partial charge is 0.450 e. The zero-order valence-electron chi connectivity index (χ0n) is 16.9. The van der Waals surface area contributed by atoms with Crippen molar-refractivity contribution in [1.82, 2.24) is 20.4 Å². The highest BCUT2D eigenvalue weighted by molar-refractivity contribution is 14.0. The van der Waals surface area contributed by atoms with Crippen LogP contribution in [0.25, 0.3) is 0 Å². The number of nitrogens with zero attached hydrogens (tertiary/aromatic N) is 3. The Bertz CT molecular complexity index is 452. The zero-order chi connectivity index (χ0) is 18.8. The number of amides is 1. The molecule has 0 aliphatic carbocycles. The molecule has 0 radical (unpaired) electrons. The van der Waals surface area contributed by atoms with Crippen LogP contribution >= 0.6 is 24.0 Å². The molecule has 8 nitrogen and oxygen atoms in total. The van der Waals surface area contributed by atoms with Crippen LogP contribution in [0, 0.1) is 0 Å². The number of aliphatic imine (C=N–C) groups is 1. The number of morpholine rings is 1. The Morgan fingerprint density at radius 3 is 2.48 bits per heavy atom. The summed E-state index contributed by atoms with van der Waals surface area (Å²) in [4.78, 5) is 20.8. The number of nitrogens with one attached hydrogen (secondary N) is 2. The van der Waals surface area contributed by atoms with Gasteiger partial charge in [-0.3, -0.25) is 9.89 Å². The second-order valence-corrected chi connectivity index (χ2v) is 6.82. The van der Waals surface area contributed by atoms with Crippen LogP contribution in [0.15, 0.2) is 4.99 Å². The standard InChI is InChI=1S/C18H35N5O3.HI/c1-4-19-17(20-14-15(3)22-10-12-25-13-11-22)21-16-6-8-23(9-7-16)18(24)26-5-2;/h15-16H,4-14H2,1-3H3,(H2,19,20,21);1H. The molecule has 2 heterocycles. The van der Waals surface area contributed by atoms with Gasteiger partial charge in [-0.15, -0.1) is 24.0 Å². The van der Waals surface area contributed by atoms with Crippen LogP contribution in [0.5, 0.6) is 0 Å². The lowest BCUT2D eigenvalue weighted by Gasteiger charge is -2.33. The van der Waals surface area contributed by atoms with Crippen molar-refractivity contribution in [3.63, 3.8) is 0 Å². The molecule has 1 amide bonds. The van der Waals surface area contributed by atoms with Gasteiger partial charge in [-0.1, -0.05) is 0 Å². The molecule has 9 heteroatoms. The molecule has 0 aromatic heterocycles. The molecule has 27 heavy (non-hydrogen) atoms. The van der Waals surface area contributed by atoms with Crippen molar-refractivity contribution in [3.05, 3.63) is 0 Å². The third-order valence-corrected chi connectivity index (χ3v) is 4.89. The van der Waals surface area contributed by atoms with Crippen molar-refractivity contribution in [2.75, 3.05) is 59.1 Å². The molecule has 2 N–H and O–H groups in total. The molecule has 2 rings (SSSR count). The van der Waals surface area contributed by atoms with E-state index >= 15 is 0 Å². The first-order chi connectivity index (χ1) is 12.6. The molecule has 1 unspecified atom stereocenters. The first-order valence-electron chi connectivity index (χ1n) is 9.92. The summed E-state index contributed by atoms with van der Waals surface area (Å²) in [6.07, 6.45) is 1.61. The van der Waals surface area contributed by atoms with Crippen LogP contribution in [0.4, 0.5) is 4.79 Å². The van der Waals surface area contributed by atoms with Crippen LogP contribution in [-0.2, 0) is 9.47 Å². The van der Waals surface area contributed by atoms with Crippen molar-refractivity contribution >= 4 is 36.0 Å². The molecular formula is C18H36IN5O3. The fourth-order valence-corrected chi connectivity index (χ4v) is 3.29. The minimum absolute atomic E-state index is 0. The highest BCUT2D eigenvalue weighted by Gasteiger charge is 2.24. The second-order valence-electron chi connectivity index (χ2n) is 6.82. The van der Waals surface area contributed by atoms with Crippen molar-refractivity contribution in [2.24, 2.45) is 4.99 Å². The number of rotatable bonds is 6. The normalized spacial score (nSPS) is 20.6. The maximum absolute atomic E-state index is 11.8. The quantitative estimate of drug-likeness (QED) is 0.329. The van der Waals surface area contributed by atoms with Gasteiger partial charge in [0, 0.05) is 44.8 Å².